The van der Waals surface area contributed by atoms with Gasteiger partial charge >= 0.3 is 0 Å². The van der Waals surface area contributed by atoms with E-state index < -0.39 is 6.04 Å². The summed E-state index contributed by atoms with van der Waals surface area (Å²) in [5, 5.41) is 6.75. The van der Waals surface area contributed by atoms with Crippen LogP contribution in [0.5, 0.6) is 11.5 Å². The Hall–Kier alpha value is -2.40. The number of benzene rings is 2. The van der Waals surface area contributed by atoms with Crippen molar-refractivity contribution < 1.29 is 14.3 Å². The van der Waals surface area contributed by atoms with Crippen LogP contribution in [0.1, 0.15) is 24.4 Å². The van der Waals surface area contributed by atoms with Crippen LogP contribution in [0.4, 0.5) is 5.69 Å². The van der Waals surface area contributed by atoms with Crippen LogP contribution in [-0.2, 0) is 4.79 Å². The van der Waals surface area contributed by atoms with Gasteiger partial charge in [0.2, 0.25) is 5.91 Å². The van der Waals surface area contributed by atoms with E-state index in [2.05, 4.69) is 10.6 Å². The van der Waals surface area contributed by atoms with Crippen LogP contribution in [0.25, 0.3) is 0 Å². The summed E-state index contributed by atoms with van der Waals surface area (Å²) in [6, 6.07) is 12.7. The van der Waals surface area contributed by atoms with Crippen LogP contribution in [0.3, 0.4) is 0 Å². The number of amides is 1. The SMILES string of the molecule is COc1cc(OC)c(N[C@@H](C(=O)NC2CC2)c2ccccc2)cc1Cl. The molecule has 1 atom stereocenters. The molecule has 1 saturated carbocycles. The number of rotatable bonds is 7. The standard InChI is InChI=1S/C19H21ClN2O3/c1-24-16-11-17(25-2)15(10-14(16)20)22-18(12-6-4-3-5-7-12)19(23)21-13-8-9-13/h3-7,10-11,13,18,22H,8-9H2,1-2H3,(H,21,23)/t18-/m1/s1. The average Bonchev–Trinajstić information content (AvgIpc) is 3.44. The van der Waals surface area contributed by atoms with E-state index >= 15 is 0 Å². The maximum absolute atomic E-state index is 12.7. The third-order valence-electron chi connectivity index (χ3n) is 4.09. The highest BCUT2D eigenvalue weighted by molar-refractivity contribution is 6.32. The first-order valence-corrected chi connectivity index (χ1v) is 8.53. The Morgan fingerprint density at radius 3 is 2.40 bits per heavy atom. The molecule has 0 heterocycles. The van der Waals surface area contributed by atoms with Crippen LogP contribution >= 0.6 is 11.6 Å². The highest BCUT2D eigenvalue weighted by atomic mass is 35.5. The largest absolute Gasteiger partial charge is 0.495 e. The van der Waals surface area contributed by atoms with Crippen LogP contribution in [-0.4, -0.2) is 26.2 Å². The Bertz CT molecular complexity index is 748. The number of hydrogen-bond acceptors (Lipinski definition) is 4. The monoisotopic (exact) mass is 360 g/mol. The highest BCUT2D eigenvalue weighted by Gasteiger charge is 2.29. The van der Waals surface area contributed by atoms with Crippen molar-refractivity contribution in [3.63, 3.8) is 0 Å². The van der Waals surface area contributed by atoms with E-state index in [9.17, 15) is 4.79 Å². The third kappa shape index (κ3) is 4.17. The Morgan fingerprint density at radius 2 is 1.80 bits per heavy atom. The van der Waals surface area contributed by atoms with Gasteiger partial charge in [0, 0.05) is 12.1 Å². The second-order valence-corrected chi connectivity index (χ2v) is 6.37. The molecule has 25 heavy (non-hydrogen) atoms. The number of carbonyl (C=O) groups excluding carboxylic acids is 1. The van der Waals surface area contributed by atoms with Gasteiger partial charge in [-0.1, -0.05) is 41.9 Å². The normalized spacial score (nSPS) is 14.5. The Balaban J connectivity index is 1.91. The molecule has 2 aromatic carbocycles. The Morgan fingerprint density at radius 1 is 1.12 bits per heavy atom. The van der Waals surface area contributed by atoms with Gasteiger partial charge in [-0.3, -0.25) is 4.79 Å². The minimum atomic E-state index is -0.542. The van der Waals surface area contributed by atoms with Crippen molar-refractivity contribution in [1.82, 2.24) is 5.32 Å². The number of carbonyl (C=O) groups is 1. The molecule has 0 unspecified atom stereocenters. The number of nitrogens with one attached hydrogen (secondary N) is 2. The zero-order valence-corrected chi connectivity index (χ0v) is 15.0. The fourth-order valence-electron chi connectivity index (χ4n) is 2.59. The van der Waals surface area contributed by atoms with E-state index in [1.807, 2.05) is 30.3 Å². The number of hydrogen-bond donors (Lipinski definition) is 2. The molecule has 1 fully saturated rings. The summed E-state index contributed by atoms with van der Waals surface area (Å²) in [5.41, 5.74) is 1.50. The van der Waals surface area contributed by atoms with Crippen LogP contribution < -0.4 is 20.1 Å². The molecule has 1 aliphatic carbocycles. The van der Waals surface area contributed by atoms with Crippen molar-refractivity contribution in [2.75, 3.05) is 19.5 Å². The first-order chi connectivity index (χ1) is 12.1. The lowest BCUT2D eigenvalue weighted by molar-refractivity contribution is -0.122. The lowest BCUT2D eigenvalue weighted by atomic mass is 10.1. The summed E-state index contributed by atoms with van der Waals surface area (Å²) < 4.78 is 10.6. The molecule has 0 aromatic heterocycles. The lowest BCUT2D eigenvalue weighted by Crippen LogP contribution is -2.34. The molecular formula is C19H21ClN2O3. The van der Waals surface area contributed by atoms with Crippen LogP contribution in [0.15, 0.2) is 42.5 Å². The molecule has 6 heteroatoms. The van der Waals surface area contributed by atoms with Gasteiger partial charge in [-0.2, -0.15) is 0 Å². The van der Waals surface area contributed by atoms with E-state index in [1.54, 1.807) is 26.4 Å². The van der Waals surface area contributed by atoms with Gasteiger partial charge in [0.25, 0.3) is 0 Å². The second kappa shape index (κ2) is 7.66. The lowest BCUT2D eigenvalue weighted by Gasteiger charge is -2.22. The summed E-state index contributed by atoms with van der Waals surface area (Å²) >= 11 is 6.24. The van der Waals surface area contributed by atoms with Crippen LogP contribution in [0, 0.1) is 0 Å². The van der Waals surface area contributed by atoms with Gasteiger partial charge in [-0.15, -0.1) is 0 Å². The van der Waals surface area contributed by atoms with Crippen molar-refractivity contribution in [3.8, 4) is 11.5 Å². The van der Waals surface area contributed by atoms with Gasteiger partial charge < -0.3 is 20.1 Å². The maximum Gasteiger partial charge on any atom is 0.247 e. The summed E-state index contributed by atoms with van der Waals surface area (Å²) in [7, 11) is 3.11. The van der Waals surface area contributed by atoms with Gasteiger partial charge in [0.15, 0.2) is 0 Å². The first-order valence-electron chi connectivity index (χ1n) is 8.15. The smallest absolute Gasteiger partial charge is 0.247 e. The van der Waals surface area contributed by atoms with Crippen molar-refractivity contribution in [2.45, 2.75) is 24.9 Å². The van der Waals surface area contributed by atoms with Crippen molar-refractivity contribution in [3.05, 3.63) is 53.1 Å². The average molecular weight is 361 g/mol. The summed E-state index contributed by atoms with van der Waals surface area (Å²) in [5.74, 6) is 1.01. The molecule has 0 spiro atoms. The second-order valence-electron chi connectivity index (χ2n) is 5.96. The number of methoxy groups -OCH3 is 2. The molecule has 132 valence electrons. The number of ether oxygens (including phenoxy) is 2. The minimum Gasteiger partial charge on any atom is -0.495 e. The summed E-state index contributed by atoms with van der Waals surface area (Å²) in [4.78, 5) is 12.7. The third-order valence-corrected chi connectivity index (χ3v) is 4.39. The fraction of sp³-hybridized carbons (Fsp3) is 0.316. The molecule has 1 aliphatic rings. The molecule has 3 rings (SSSR count). The van der Waals surface area contributed by atoms with E-state index in [-0.39, 0.29) is 11.9 Å². The predicted octanol–water partition coefficient (Wildman–Crippen LogP) is 3.79. The van der Waals surface area contributed by atoms with Gasteiger partial charge in [0.1, 0.15) is 17.5 Å². The van der Waals surface area contributed by atoms with Crippen molar-refractivity contribution in [2.24, 2.45) is 0 Å². The molecule has 0 saturated heterocycles. The first kappa shape index (κ1) is 17.4. The van der Waals surface area contributed by atoms with Crippen molar-refractivity contribution >= 4 is 23.2 Å². The van der Waals surface area contributed by atoms with Gasteiger partial charge in [-0.05, 0) is 24.5 Å². The van der Waals surface area contributed by atoms with Crippen LogP contribution in [0.2, 0.25) is 5.02 Å². The summed E-state index contributed by atoms with van der Waals surface area (Å²) in [6.45, 7) is 0. The van der Waals surface area contributed by atoms with Gasteiger partial charge in [-0.25, -0.2) is 0 Å². The summed E-state index contributed by atoms with van der Waals surface area (Å²) in [6.07, 6.45) is 2.07. The van der Waals surface area contributed by atoms with E-state index in [0.717, 1.165) is 18.4 Å². The molecular weight excluding hydrogens is 340 g/mol. The zero-order chi connectivity index (χ0) is 17.8. The van der Waals surface area contributed by atoms with E-state index in [4.69, 9.17) is 21.1 Å². The van der Waals surface area contributed by atoms with E-state index in [0.29, 0.717) is 22.2 Å². The quantitative estimate of drug-likeness (QED) is 0.788. The zero-order valence-electron chi connectivity index (χ0n) is 14.2. The Kier molecular flexibility index (Phi) is 5.34. The maximum atomic E-state index is 12.7. The molecule has 1 amide bonds. The van der Waals surface area contributed by atoms with Gasteiger partial charge in [0.05, 0.1) is 24.9 Å². The molecule has 2 N–H and O–H groups in total. The molecule has 0 bridgehead atoms. The fourth-order valence-corrected chi connectivity index (χ4v) is 2.83. The molecule has 2 aromatic rings. The topological polar surface area (TPSA) is 59.6 Å². The minimum absolute atomic E-state index is 0.0670. The van der Waals surface area contributed by atoms with E-state index in [1.165, 1.54) is 0 Å². The predicted molar refractivity (Wildman–Crippen MR) is 98.5 cm³/mol. The number of anilines is 1. The molecule has 5 nitrogen and oxygen atoms in total. The van der Waals surface area contributed by atoms with Crippen molar-refractivity contribution in [1.29, 1.82) is 0 Å². The molecule has 0 radical (unpaired) electrons. The molecule has 0 aliphatic heterocycles. The Labute approximate surface area is 152 Å². The highest BCUT2D eigenvalue weighted by Crippen LogP contribution is 2.37. The number of halogens is 1.